The number of hydrogen-bond donors (Lipinski definition) is 0. The van der Waals surface area contributed by atoms with E-state index in [2.05, 4.69) is 77.9 Å². The molecule has 0 aliphatic carbocycles. The molecule has 0 N–H and O–H groups in total. The van der Waals surface area contributed by atoms with Gasteiger partial charge in [0.2, 0.25) is 0 Å². The summed E-state index contributed by atoms with van der Waals surface area (Å²) in [5.74, 6) is 0. The quantitative estimate of drug-likeness (QED) is 0.0594. The van der Waals surface area contributed by atoms with Gasteiger partial charge in [-0.05, 0) is 118 Å². The maximum Gasteiger partial charge on any atom is 0.0636 e. The first-order chi connectivity index (χ1) is 21.1. The summed E-state index contributed by atoms with van der Waals surface area (Å²) in [6.07, 6.45) is 26.1. The summed E-state index contributed by atoms with van der Waals surface area (Å²) in [6, 6.07) is 14.0. The zero-order valence-corrected chi connectivity index (χ0v) is 31.1. The maximum atomic E-state index is 5.32. The third-order valence-corrected chi connectivity index (χ3v) is 8.82. The van der Waals surface area contributed by atoms with Gasteiger partial charge in [-0.1, -0.05) is 117 Å². The first kappa shape index (κ1) is 40.5. The average molecular weight is 693 g/mol. The average Bonchev–Trinajstić information content (AvgIpc) is 3.01. The van der Waals surface area contributed by atoms with Crippen molar-refractivity contribution in [1.29, 1.82) is 0 Å². The van der Waals surface area contributed by atoms with Crippen LogP contribution in [0.4, 0.5) is 11.4 Å². The van der Waals surface area contributed by atoms with Crippen LogP contribution in [0.25, 0.3) is 0 Å². The van der Waals surface area contributed by atoms with Gasteiger partial charge >= 0.3 is 0 Å². The molecular weight excluding hydrogens is 627 g/mol. The summed E-state index contributed by atoms with van der Waals surface area (Å²) in [6.45, 7) is 13.6. The van der Waals surface area contributed by atoms with Crippen molar-refractivity contribution >= 4 is 22.8 Å². The van der Waals surface area contributed by atoms with Crippen LogP contribution in [0.3, 0.4) is 0 Å². The van der Waals surface area contributed by atoms with E-state index in [0.29, 0.717) is 0 Å². The van der Waals surface area contributed by atoms with Crippen LogP contribution in [-0.2, 0) is 46.1 Å². The van der Waals surface area contributed by atoms with E-state index in [-0.39, 0.29) is 20.4 Å². The Morgan fingerprint density at radius 2 is 0.841 bits per heavy atom. The zero-order chi connectivity index (χ0) is 31.1. The molecule has 0 aromatic heterocycles. The minimum Gasteiger partial charge on any atom is -0.252 e. The Hall–Kier alpha value is -1.56. The van der Waals surface area contributed by atoms with Crippen LogP contribution >= 0.6 is 0 Å². The molecule has 2 aromatic carbocycles. The molecule has 0 saturated heterocycles. The van der Waals surface area contributed by atoms with Gasteiger partial charge < -0.3 is 0 Å². The second kappa shape index (κ2) is 25.6. The van der Waals surface area contributed by atoms with Crippen molar-refractivity contribution in [3.8, 4) is 0 Å². The number of rotatable bonds is 24. The van der Waals surface area contributed by atoms with Gasteiger partial charge in [0.1, 0.15) is 0 Å². The van der Waals surface area contributed by atoms with Crippen LogP contribution in [0.5, 0.6) is 0 Å². The fourth-order valence-corrected chi connectivity index (χ4v) is 6.03. The SMILES string of the molecule is CCCCCCC(=N\c1ccc(CCCCC)c(CCCCC)c1)/C(C)=N/c1ccc(CCCCC)c(CCCCC)c1.[Pd]. The van der Waals surface area contributed by atoms with Crippen molar-refractivity contribution in [2.45, 2.75) is 176 Å². The molecule has 3 heteroatoms. The van der Waals surface area contributed by atoms with E-state index in [1.807, 2.05) is 0 Å². The van der Waals surface area contributed by atoms with Crippen LogP contribution in [-0.4, -0.2) is 11.4 Å². The molecule has 0 radical (unpaired) electrons. The number of unbranched alkanes of at least 4 members (excludes halogenated alkanes) is 11. The number of aryl methyl sites for hydroxylation is 4. The Balaban J connectivity index is 0.00000968. The Morgan fingerprint density at radius 3 is 1.27 bits per heavy atom. The summed E-state index contributed by atoms with van der Waals surface area (Å²) < 4.78 is 0. The van der Waals surface area contributed by atoms with Crippen LogP contribution in [0.15, 0.2) is 46.4 Å². The Kier molecular flexibility index (Phi) is 23.6. The number of benzene rings is 2. The van der Waals surface area contributed by atoms with E-state index in [1.54, 1.807) is 0 Å². The van der Waals surface area contributed by atoms with Gasteiger partial charge in [0, 0.05) is 20.4 Å². The van der Waals surface area contributed by atoms with Crippen LogP contribution < -0.4 is 0 Å². The number of hydrogen-bond acceptors (Lipinski definition) is 2. The first-order valence-corrected chi connectivity index (χ1v) is 18.4. The third-order valence-electron chi connectivity index (χ3n) is 8.82. The van der Waals surface area contributed by atoms with E-state index < -0.39 is 0 Å². The predicted molar refractivity (Wildman–Crippen MR) is 194 cm³/mol. The van der Waals surface area contributed by atoms with E-state index in [1.165, 1.54) is 151 Å². The second-order valence-corrected chi connectivity index (χ2v) is 12.8. The maximum absolute atomic E-state index is 5.32. The second-order valence-electron chi connectivity index (χ2n) is 12.8. The fourth-order valence-electron chi connectivity index (χ4n) is 6.03. The molecule has 0 fully saturated rings. The molecule has 0 spiro atoms. The monoisotopic (exact) mass is 692 g/mol. The van der Waals surface area contributed by atoms with E-state index in [9.17, 15) is 0 Å². The normalized spacial score (nSPS) is 12.0. The summed E-state index contributed by atoms with van der Waals surface area (Å²) in [4.78, 5) is 10.5. The minimum atomic E-state index is 0. The van der Waals surface area contributed by atoms with Gasteiger partial charge in [0.25, 0.3) is 0 Å². The topological polar surface area (TPSA) is 24.7 Å². The molecule has 250 valence electrons. The molecule has 0 heterocycles. The van der Waals surface area contributed by atoms with Crippen molar-refractivity contribution < 1.29 is 20.4 Å². The molecular formula is C41H66N2Pd. The number of nitrogens with zero attached hydrogens (tertiary/aromatic N) is 2. The largest absolute Gasteiger partial charge is 0.252 e. The van der Waals surface area contributed by atoms with Crippen molar-refractivity contribution in [2.75, 3.05) is 0 Å². The van der Waals surface area contributed by atoms with Crippen LogP contribution in [0.1, 0.15) is 173 Å². The molecule has 0 unspecified atom stereocenters. The first-order valence-electron chi connectivity index (χ1n) is 18.4. The Labute approximate surface area is 287 Å². The molecule has 2 aromatic rings. The Morgan fingerprint density at radius 1 is 0.455 bits per heavy atom. The smallest absolute Gasteiger partial charge is 0.0636 e. The van der Waals surface area contributed by atoms with E-state index >= 15 is 0 Å². The third kappa shape index (κ3) is 16.1. The standard InChI is InChI=1S/C41H66N2.Pd/c1-7-12-17-22-27-41(43-40-31-29-36(24-19-14-9-3)38(33-40)26-21-16-11-5)34(6)42-39-30-28-35(23-18-13-8-2)37(32-39)25-20-15-10-4;/h28-33H,7-27H2,1-6H3;/b42-34+,43-41+;. The van der Waals surface area contributed by atoms with Crippen molar-refractivity contribution in [1.82, 2.24) is 0 Å². The van der Waals surface area contributed by atoms with Crippen molar-refractivity contribution in [2.24, 2.45) is 9.98 Å². The molecule has 2 nitrogen and oxygen atoms in total. The number of aliphatic imine (C=N–C) groups is 2. The van der Waals surface area contributed by atoms with Gasteiger partial charge in [0.15, 0.2) is 0 Å². The summed E-state index contributed by atoms with van der Waals surface area (Å²) in [7, 11) is 0. The van der Waals surface area contributed by atoms with Crippen LogP contribution in [0.2, 0.25) is 0 Å². The molecule has 2 rings (SSSR count). The minimum absolute atomic E-state index is 0. The predicted octanol–water partition coefficient (Wildman–Crippen LogP) is 13.5. The van der Waals surface area contributed by atoms with Gasteiger partial charge in [-0.15, -0.1) is 0 Å². The molecule has 44 heavy (non-hydrogen) atoms. The summed E-state index contributed by atoms with van der Waals surface area (Å²) in [5, 5.41) is 0. The van der Waals surface area contributed by atoms with Crippen LogP contribution in [0, 0.1) is 0 Å². The van der Waals surface area contributed by atoms with Gasteiger partial charge in [-0.25, -0.2) is 0 Å². The van der Waals surface area contributed by atoms with Gasteiger partial charge in [-0.2, -0.15) is 0 Å². The van der Waals surface area contributed by atoms with Crippen molar-refractivity contribution in [3.05, 3.63) is 58.7 Å². The molecule has 0 aliphatic rings. The van der Waals surface area contributed by atoms with E-state index in [4.69, 9.17) is 9.98 Å². The molecule has 0 saturated carbocycles. The molecule has 0 bridgehead atoms. The van der Waals surface area contributed by atoms with Gasteiger partial charge in [-0.3, -0.25) is 9.98 Å². The zero-order valence-electron chi connectivity index (χ0n) is 29.5. The summed E-state index contributed by atoms with van der Waals surface area (Å²) in [5.41, 5.74) is 10.5. The van der Waals surface area contributed by atoms with Crippen molar-refractivity contribution in [3.63, 3.8) is 0 Å². The van der Waals surface area contributed by atoms with Gasteiger partial charge in [0.05, 0.1) is 22.8 Å². The molecule has 0 atom stereocenters. The fraction of sp³-hybridized carbons (Fsp3) is 0.659. The molecule has 0 amide bonds. The van der Waals surface area contributed by atoms with E-state index in [0.717, 1.165) is 29.2 Å². The Bertz CT molecular complexity index is 1080. The molecule has 0 aliphatic heterocycles. The summed E-state index contributed by atoms with van der Waals surface area (Å²) >= 11 is 0.